The summed E-state index contributed by atoms with van der Waals surface area (Å²) in [5.41, 5.74) is 0. The first kappa shape index (κ1) is 11.6. The summed E-state index contributed by atoms with van der Waals surface area (Å²) in [4.78, 5) is 0. The lowest BCUT2D eigenvalue weighted by atomic mass is 10.6. The largest absolute Gasteiger partial charge is 0.397 e. The quantitative estimate of drug-likeness (QED) is 0.501. The van der Waals surface area contributed by atoms with E-state index in [1.54, 1.807) is 0 Å². The van der Waals surface area contributed by atoms with Gasteiger partial charge in [0.05, 0.1) is 0 Å². The molecule has 0 radical (unpaired) electrons. The van der Waals surface area contributed by atoms with Gasteiger partial charge in [0.2, 0.25) is 0 Å². The lowest BCUT2D eigenvalue weighted by molar-refractivity contribution is 0.213. The Morgan fingerprint density at radius 3 is 2.09 bits per heavy atom. The lowest BCUT2D eigenvalue weighted by Crippen LogP contribution is -2.22. The Morgan fingerprint density at radius 1 is 1.18 bits per heavy atom. The molecule has 0 spiro atoms. The van der Waals surface area contributed by atoms with Crippen LogP contribution < -0.4 is 0 Å². The van der Waals surface area contributed by atoms with Gasteiger partial charge in [0.1, 0.15) is 0 Å². The molecule has 0 N–H and O–H groups in total. The van der Waals surface area contributed by atoms with Crippen LogP contribution in [0.3, 0.4) is 0 Å². The predicted octanol–water partition coefficient (Wildman–Crippen LogP) is 2.06. The molecule has 0 aliphatic rings. The molecule has 0 heterocycles. The fourth-order valence-corrected chi connectivity index (χ4v) is 3.46. The summed E-state index contributed by atoms with van der Waals surface area (Å²) in [6, 6.07) is 1.12. The van der Waals surface area contributed by atoms with Crippen LogP contribution in [0.25, 0.3) is 0 Å². The van der Waals surface area contributed by atoms with Crippen LogP contribution in [-0.4, -0.2) is 27.8 Å². The summed E-state index contributed by atoms with van der Waals surface area (Å²) < 4.78 is 11.0. The van der Waals surface area contributed by atoms with Gasteiger partial charge in [-0.25, -0.2) is 0 Å². The Bertz CT molecular complexity index is 76.8. The van der Waals surface area contributed by atoms with Crippen LogP contribution >= 0.6 is 15.9 Å². The third-order valence-corrected chi connectivity index (χ3v) is 4.13. The first-order valence-electron chi connectivity index (χ1n) is 4.14. The topological polar surface area (TPSA) is 18.5 Å². The fourth-order valence-electron chi connectivity index (χ4n) is 0.830. The van der Waals surface area contributed by atoms with E-state index in [1.807, 2.05) is 13.8 Å². The zero-order valence-electron chi connectivity index (χ0n) is 7.31. The fraction of sp³-hybridized carbons (Fsp3) is 1.00. The Labute approximate surface area is 79.2 Å². The molecule has 11 heavy (non-hydrogen) atoms. The molecule has 0 saturated carbocycles. The Morgan fingerprint density at radius 2 is 1.73 bits per heavy atom. The van der Waals surface area contributed by atoms with Gasteiger partial charge in [0.25, 0.3) is 0 Å². The highest BCUT2D eigenvalue weighted by molar-refractivity contribution is 9.09. The van der Waals surface area contributed by atoms with Crippen molar-refractivity contribution in [3.63, 3.8) is 0 Å². The van der Waals surface area contributed by atoms with Crippen molar-refractivity contribution in [3.05, 3.63) is 0 Å². The van der Waals surface area contributed by atoms with Crippen molar-refractivity contribution >= 4 is 25.2 Å². The maximum absolute atomic E-state index is 5.48. The van der Waals surface area contributed by atoms with Crippen molar-refractivity contribution in [2.45, 2.75) is 26.3 Å². The summed E-state index contributed by atoms with van der Waals surface area (Å²) in [6.45, 7) is 5.62. The second kappa shape index (κ2) is 8.71. The molecule has 0 atom stereocenters. The number of rotatable bonds is 7. The van der Waals surface area contributed by atoms with Crippen molar-refractivity contribution < 1.29 is 8.85 Å². The molecule has 0 aliphatic carbocycles. The third kappa shape index (κ3) is 6.99. The van der Waals surface area contributed by atoms with Crippen molar-refractivity contribution in [3.8, 4) is 0 Å². The van der Waals surface area contributed by atoms with Crippen LogP contribution in [0.4, 0.5) is 0 Å². The zero-order chi connectivity index (χ0) is 8.53. The van der Waals surface area contributed by atoms with E-state index in [-0.39, 0.29) is 0 Å². The molecule has 68 valence electrons. The highest BCUT2D eigenvalue weighted by Crippen LogP contribution is 2.03. The van der Waals surface area contributed by atoms with E-state index in [0.717, 1.165) is 31.0 Å². The van der Waals surface area contributed by atoms with Crippen LogP contribution in [0.15, 0.2) is 0 Å². The molecule has 0 aromatic heterocycles. The van der Waals surface area contributed by atoms with Gasteiger partial charge in [-0.3, -0.25) is 0 Å². The molecule has 0 saturated heterocycles. The molecule has 0 aromatic rings. The summed E-state index contributed by atoms with van der Waals surface area (Å²) >= 11 is 3.39. The zero-order valence-corrected chi connectivity index (χ0v) is 10.0. The number of alkyl halides is 1. The Kier molecular flexibility index (Phi) is 9.20. The summed E-state index contributed by atoms with van der Waals surface area (Å²) in [5, 5.41) is 1.05. The molecule has 0 bridgehead atoms. The van der Waals surface area contributed by atoms with Gasteiger partial charge in [-0.1, -0.05) is 15.9 Å². The van der Waals surface area contributed by atoms with Gasteiger partial charge >= 0.3 is 9.28 Å². The van der Waals surface area contributed by atoms with Crippen LogP contribution in [0, 0.1) is 0 Å². The van der Waals surface area contributed by atoms with Crippen molar-refractivity contribution in [1.82, 2.24) is 0 Å². The predicted molar refractivity (Wildman–Crippen MR) is 53.6 cm³/mol. The highest BCUT2D eigenvalue weighted by atomic mass is 79.9. The van der Waals surface area contributed by atoms with Gasteiger partial charge in [-0.2, -0.15) is 0 Å². The second-order valence-corrected chi connectivity index (χ2v) is 5.07. The van der Waals surface area contributed by atoms with E-state index < -0.39 is 9.28 Å². The second-order valence-electron chi connectivity index (χ2n) is 2.17. The molecule has 2 nitrogen and oxygen atoms in total. The number of hydrogen-bond donors (Lipinski definition) is 0. The number of hydrogen-bond acceptors (Lipinski definition) is 2. The SMILES string of the molecule is CCO[SiH](CCCBr)OCC. The van der Waals surface area contributed by atoms with E-state index in [1.165, 1.54) is 0 Å². The standard InChI is InChI=1S/C7H17BrO2Si/c1-3-9-11(10-4-2)7-5-6-8/h11H,3-7H2,1-2H3. The molecule has 0 aliphatic heterocycles. The molecule has 0 fully saturated rings. The van der Waals surface area contributed by atoms with Crippen molar-refractivity contribution in [2.24, 2.45) is 0 Å². The van der Waals surface area contributed by atoms with Crippen LogP contribution in [0.5, 0.6) is 0 Å². The van der Waals surface area contributed by atoms with Crippen LogP contribution in [-0.2, 0) is 8.85 Å². The smallest absolute Gasteiger partial charge is 0.321 e. The molecule has 0 rings (SSSR count). The molecular formula is C7H17BrO2Si. The van der Waals surface area contributed by atoms with Crippen LogP contribution in [0.1, 0.15) is 20.3 Å². The molecule has 0 amide bonds. The minimum atomic E-state index is -1.28. The highest BCUT2D eigenvalue weighted by Gasteiger charge is 2.10. The van der Waals surface area contributed by atoms with E-state index in [2.05, 4.69) is 15.9 Å². The molecular weight excluding hydrogens is 224 g/mol. The first-order valence-corrected chi connectivity index (χ1v) is 7.02. The van der Waals surface area contributed by atoms with Gasteiger partial charge in [-0.15, -0.1) is 0 Å². The van der Waals surface area contributed by atoms with Gasteiger partial charge < -0.3 is 8.85 Å². The summed E-state index contributed by atoms with van der Waals surface area (Å²) in [7, 11) is -1.28. The van der Waals surface area contributed by atoms with E-state index in [0.29, 0.717) is 0 Å². The van der Waals surface area contributed by atoms with E-state index in [4.69, 9.17) is 8.85 Å². The van der Waals surface area contributed by atoms with E-state index >= 15 is 0 Å². The van der Waals surface area contributed by atoms with Gasteiger partial charge in [0, 0.05) is 18.5 Å². The summed E-state index contributed by atoms with van der Waals surface area (Å²) in [5.74, 6) is 0. The molecule has 0 unspecified atom stereocenters. The molecule has 4 heteroatoms. The van der Waals surface area contributed by atoms with Crippen molar-refractivity contribution in [1.29, 1.82) is 0 Å². The Hall–Kier alpha value is 0.617. The maximum atomic E-state index is 5.48. The third-order valence-electron chi connectivity index (χ3n) is 1.28. The minimum Gasteiger partial charge on any atom is -0.397 e. The summed E-state index contributed by atoms with van der Waals surface area (Å²) in [6.07, 6.45) is 1.16. The maximum Gasteiger partial charge on any atom is 0.321 e. The molecule has 0 aromatic carbocycles. The Balaban J connectivity index is 3.34. The van der Waals surface area contributed by atoms with Crippen molar-refractivity contribution in [2.75, 3.05) is 18.5 Å². The van der Waals surface area contributed by atoms with E-state index in [9.17, 15) is 0 Å². The first-order chi connectivity index (χ1) is 5.35. The minimum absolute atomic E-state index is 0.791. The normalized spacial score (nSPS) is 10.9. The number of halogens is 1. The van der Waals surface area contributed by atoms with Gasteiger partial charge in [0.15, 0.2) is 0 Å². The monoisotopic (exact) mass is 240 g/mol. The average Bonchev–Trinajstić information content (AvgIpc) is 2.01. The lowest BCUT2D eigenvalue weighted by Gasteiger charge is -2.13. The average molecular weight is 241 g/mol. The van der Waals surface area contributed by atoms with Crippen LogP contribution in [0.2, 0.25) is 6.04 Å². The van der Waals surface area contributed by atoms with Gasteiger partial charge in [-0.05, 0) is 26.3 Å².